The Balaban J connectivity index is 1.66. The summed E-state index contributed by atoms with van der Waals surface area (Å²) in [6, 6.07) is 0.306. The average Bonchev–Trinajstić information content (AvgIpc) is 3.24. The van der Waals surface area contributed by atoms with E-state index in [9.17, 15) is 4.79 Å². The Kier molecular flexibility index (Phi) is 6.38. The maximum absolute atomic E-state index is 13.4. The van der Waals surface area contributed by atoms with Crippen molar-refractivity contribution < 1.29 is 4.79 Å². The van der Waals surface area contributed by atoms with Crippen LogP contribution >= 0.6 is 11.3 Å². The van der Waals surface area contributed by atoms with Crippen molar-refractivity contribution in [1.82, 2.24) is 15.1 Å². The zero-order valence-corrected chi connectivity index (χ0v) is 20.4. The van der Waals surface area contributed by atoms with Gasteiger partial charge in [0.15, 0.2) is 0 Å². The van der Waals surface area contributed by atoms with E-state index in [0.717, 1.165) is 53.9 Å². The first-order chi connectivity index (χ1) is 14.7. The number of fused-ring (bicyclic) bond motifs is 1. The van der Waals surface area contributed by atoms with Gasteiger partial charge in [0.1, 0.15) is 5.00 Å². The van der Waals surface area contributed by atoms with Crippen molar-refractivity contribution in [2.45, 2.75) is 85.1 Å². The molecule has 0 bridgehead atoms. The van der Waals surface area contributed by atoms with Crippen LogP contribution in [0.3, 0.4) is 0 Å². The van der Waals surface area contributed by atoms with Gasteiger partial charge in [0, 0.05) is 35.9 Å². The topological polar surface area (TPSA) is 59.3 Å². The molecule has 6 heteroatoms. The van der Waals surface area contributed by atoms with E-state index in [1.807, 2.05) is 26.4 Å². The SMILES string of the molecule is Cc1nn(C)cc1C=Nc1sc2c(c1C(=O)NC1CCCCC1)CCC(C(C)(C)C)C2. The van der Waals surface area contributed by atoms with E-state index in [1.54, 1.807) is 16.0 Å². The van der Waals surface area contributed by atoms with E-state index in [4.69, 9.17) is 4.99 Å². The van der Waals surface area contributed by atoms with Gasteiger partial charge in [-0.15, -0.1) is 11.3 Å². The molecule has 2 aliphatic rings. The van der Waals surface area contributed by atoms with E-state index in [2.05, 4.69) is 31.2 Å². The fourth-order valence-corrected chi connectivity index (χ4v) is 6.28. The Bertz CT molecular complexity index is 973. The number of hydrogen-bond donors (Lipinski definition) is 1. The first-order valence-electron chi connectivity index (χ1n) is 11.7. The molecule has 2 aromatic heterocycles. The minimum absolute atomic E-state index is 0.0775. The predicted octanol–water partition coefficient (Wildman–Crippen LogP) is 5.75. The lowest BCUT2D eigenvalue weighted by atomic mass is 9.72. The number of aliphatic imine (C=N–C) groups is 1. The van der Waals surface area contributed by atoms with Gasteiger partial charge in [0.25, 0.3) is 5.91 Å². The van der Waals surface area contributed by atoms with Crippen LogP contribution < -0.4 is 5.32 Å². The van der Waals surface area contributed by atoms with Gasteiger partial charge in [0.2, 0.25) is 0 Å². The summed E-state index contributed by atoms with van der Waals surface area (Å²) in [4.78, 5) is 19.6. The molecule has 0 saturated heterocycles. The van der Waals surface area contributed by atoms with Gasteiger partial charge in [-0.2, -0.15) is 5.10 Å². The fourth-order valence-electron chi connectivity index (χ4n) is 5.01. The lowest BCUT2D eigenvalue weighted by molar-refractivity contribution is 0.0927. The third kappa shape index (κ3) is 4.94. The standard InChI is InChI=1S/C25H36N4OS/c1-16-17(15-29(5)28-16)14-26-24-22(23(30)27-19-9-7-6-8-10-19)20-12-11-18(25(2,3)4)13-21(20)31-24/h14-15,18-19H,6-13H2,1-5H3,(H,27,30). The van der Waals surface area contributed by atoms with Crippen molar-refractivity contribution in [3.63, 3.8) is 0 Å². The van der Waals surface area contributed by atoms with Crippen LogP contribution in [0.15, 0.2) is 11.2 Å². The minimum Gasteiger partial charge on any atom is -0.349 e. The Hall–Kier alpha value is -1.95. The lowest BCUT2D eigenvalue weighted by Gasteiger charge is -2.34. The molecule has 2 aromatic rings. The third-order valence-corrected chi connectivity index (χ3v) is 8.17. The summed E-state index contributed by atoms with van der Waals surface area (Å²) in [7, 11) is 1.92. The van der Waals surface area contributed by atoms with Crippen LogP contribution in [0.4, 0.5) is 5.00 Å². The first-order valence-corrected chi connectivity index (χ1v) is 12.5. The number of nitrogens with zero attached hydrogens (tertiary/aromatic N) is 3. The number of amides is 1. The second-order valence-corrected chi connectivity index (χ2v) is 11.5. The molecule has 5 nitrogen and oxygen atoms in total. The normalized spacial score (nSPS) is 20.2. The van der Waals surface area contributed by atoms with Crippen LogP contribution in [0.2, 0.25) is 0 Å². The van der Waals surface area contributed by atoms with Gasteiger partial charge in [-0.3, -0.25) is 9.48 Å². The number of nitrogens with one attached hydrogen (secondary N) is 1. The van der Waals surface area contributed by atoms with Gasteiger partial charge in [0.05, 0.1) is 11.3 Å². The van der Waals surface area contributed by atoms with E-state index in [-0.39, 0.29) is 11.3 Å². The van der Waals surface area contributed by atoms with Crippen molar-refractivity contribution >= 4 is 28.5 Å². The monoisotopic (exact) mass is 440 g/mol. The number of aryl methyl sites for hydroxylation is 2. The number of aromatic nitrogens is 2. The van der Waals surface area contributed by atoms with Gasteiger partial charge in [-0.25, -0.2) is 4.99 Å². The minimum atomic E-state index is 0.0775. The fraction of sp³-hybridized carbons (Fsp3) is 0.640. The average molecular weight is 441 g/mol. The molecule has 0 spiro atoms. The zero-order valence-electron chi connectivity index (χ0n) is 19.6. The van der Waals surface area contributed by atoms with Crippen LogP contribution in [-0.4, -0.2) is 27.9 Å². The summed E-state index contributed by atoms with van der Waals surface area (Å²) in [6.07, 6.45) is 12.9. The summed E-state index contributed by atoms with van der Waals surface area (Å²) in [5, 5.41) is 8.61. The van der Waals surface area contributed by atoms with Crippen LogP contribution in [-0.2, 0) is 19.9 Å². The summed E-state index contributed by atoms with van der Waals surface area (Å²) in [5.74, 6) is 0.721. The molecule has 1 N–H and O–H groups in total. The molecule has 1 unspecified atom stereocenters. The van der Waals surface area contributed by atoms with Crippen LogP contribution in [0.5, 0.6) is 0 Å². The van der Waals surface area contributed by atoms with Gasteiger partial charge in [-0.05, 0) is 55.9 Å². The molecule has 1 saturated carbocycles. The van der Waals surface area contributed by atoms with Crippen LogP contribution in [0.25, 0.3) is 0 Å². The molecule has 2 aliphatic carbocycles. The number of carbonyl (C=O) groups excluding carboxylic acids is 1. The van der Waals surface area contributed by atoms with Gasteiger partial charge < -0.3 is 5.32 Å². The highest BCUT2D eigenvalue weighted by Gasteiger charge is 2.34. The van der Waals surface area contributed by atoms with E-state index < -0.39 is 0 Å². The smallest absolute Gasteiger partial charge is 0.254 e. The van der Waals surface area contributed by atoms with Gasteiger partial charge >= 0.3 is 0 Å². The third-order valence-electron chi connectivity index (χ3n) is 7.01. The van der Waals surface area contributed by atoms with Crippen LogP contribution in [0.1, 0.15) is 91.4 Å². The molecule has 2 heterocycles. The molecule has 0 radical (unpaired) electrons. The predicted molar refractivity (Wildman–Crippen MR) is 129 cm³/mol. The maximum Gasteiger partial charge on any atom is 0.254 e. The van der Waals surface area contributed by atoms with Gasteiger partial charge in [-0.1, -0.05) is 40.0 Å². The van der Waals surface area contributed by atoms with Crippen LogP contribution in [0, 0.1) is 18.3 Å². The molecular formula is C25H36N4OS. The van der Waals surface area contributed by atoms with Crippen molar-refractivity contribution in [3.05, 3.63) is 33.5 Å². The molecule has 1 fully saturated rings. The summed E-state index contributed by atoms with van der Waals surface area (Å²) in [5.41, 5.74) is 4.31. The largest absolute Gasteiger partial charge is 0.349 e. The quantitative estimate of drug-likeness (QED) is 0.615. The number of hydrogen-bond acceptors (Lipinski definition) is 4. The Morgan fingerprint density at radius 1 is 1.26 bits per heavy atom. The first kappa shape index (κ1) is 22.3. The van der Waals surface area contributed by atoms with E-state index in [1.165, 1.54) is 29.7 Å². The lowest BCUT2D eigenvalue weighted by Crippen LogP contribution is -2.36. The molecule has 0 aromatic carbocycles. The Morgan fingerprint density at radius 2 is 2.00 bits per heavy atom. The second kappa shape index (κ2) is 8.89. The van der Waals surface area contributed by atoms with Crippen molar-refractivity contribution in [2.75, 3.05) is 0 Å². The summed E-state index contributed by atoms with van der Waals surface area (Å²) in [6.45, 7) is 8.98. The molecule has 1 amide bonds. The Labute approximate surface area is 190 Å². The molecule has 168 valence electrons. The highest BCUT2D eigenvalue weighted by Crippen LogP contribution is 2.45. The van der Waals surface area contributed by atoms with Crippen molar-refractivity contribution in [2.24, 2.45) is 23.4 Å². The molecule has 4 rings (SSSR count). The maximum atomic E-state index is 13.4. The number of thiophene rings is 1. The zero-order chi connectivity index (χ0) is 22.2. The molecular weight excluding hydrogens is 404 g/mol. The van der Waals surface area contributed by atoms with E-state index in [0.29, 0.717) is 12.0 Å². The number of rotatable bonds is 4. The highest BCUT2D eigenvalue weighted by molar-refractivity contribution is 7.16. The molecule has 31 heavy (non-hydrogen) atoms. The highest BCUT2D eigenvalue weighted by atomic mass is 32.1. The van der Waals surface area contributed by atoms with E-state index >= 15 is 0 Å². The molecule has 0 aliphatic heterocycles. The number of carbonyl (C=O) groups is 1. The summed E-state index contributed by atoms with van der Waals surface area (Å²) >= 11 is 1.72. The summed E-state index contributed by atoms with van der Waals surface area (Å²) < 4.78 is 1.81. The van der Waals surface area contributed by atoms with Crippen molar-refractivity contribution in [1.29, 1.82) is 0 Å². The molecule has 1 atom stereocenters. The second-order valence-electron chi connectivity index (χ2n) is 10.4. The Morgan fingerprint density at radius 3 is 2.65 bits per heavy atom. The van der Waals surface area contributed by atoms with Crippen molar-refractivity contribution in [3.8, 4) is 0 Å².